The van der Waals surface area contributed by atoms with Gasteiger partial charge in [-0.2, -0.15) is 0 Å². The number of rotatable bonds is 2. The molecule has 0 fully saturated rings. The van der Waals surface area contributed by atoms with E-state index >= 15 is 0 Å². The van der Waals surface area contributed by atoms with Crippen LogP contribution in [0, 0.1) is 13.8 Å². The highest BCUT2D eigenvalue weighted by molar-refractivity contribution is 5.22. The first-order valence-electron chi connectivity index (χ1n) is 6.66. The van der Waals surface area contributed by atoms with Gasteiger partial charge in [0.15, 0.2) is 0 Å². The van der Waals surface area contributed by atoms with Crippen molar-refractivity contribution in [3.05, 3.63) is 52.9 Å². The van der Waals surface area contributed by atoms with Gasteiger partial charge in [-0.3, -0.25) is 9.88 Å². The van der Waals surface area contributed by atoms with E-state index in [1.54, 1.807) is 0 Å². The van der Waals surface area contributed by atoms with Crippen LogP contribution < -0.4 is 0 Å². The number of hydrogen-bond donors (Lipinski definition) is 0. The zero-order chi connectivity index (χ0) is 13.2. The Balaban J connectivity index is 1.76. The summed E-state index contributed by atoms with van der Waals surface area (Å²) in [4.78, 5) is 15.6. The van der Waals surface area contributed by atoms with E-state index in [1.807, 2.05) is 25.4 Å². The van der Waals surface area contributed by atoms with E-state index in [0.717, 1.165) is 37.6 Å². The van der Waals surface area contributed by atoms with Crippen LogP contribution in [0.3, 0.4) is 0 Å². The first-order chi connectivity index (χ1) is 9.22. The molecule has 0 spiro atoms. The van der Waals surface area contributed by atoms with Crippen molar-refractivity contribution in [2.24, 2.45) is 0 Å². The topological polar surface area (TPSA) is 41.9 Å². The molecule has 0 radical (unpaired) electrons. The van der Waals surface area contributed by atoms with Gasteiger partial charge in [0.25, 0.3) is 0 Å². The highest BCUT2D eigenvalue weighted by atomic mass is 15.1. The molecule has 3 heterocycles. The molecule has 0 aliphatic carbocycles. The van der Waals surface area contributed by atoms with Crippen LogP contribution >= 0.6 is 0 Å². The third kappa shape index (κ3) is 2.63. The first-order valence-corrected chi connectivity index (χ1v) is 6.66. The SMILES string of the molecule is Cc1ncc2c(n1)CCN(Cc1cccnc1C)C2. The second kappa shape index (κ2) is 5.05. The third-order valence-electron chi connectivity index (χ3n) is 3.64. The lowest BCUT2D eigenvalue weighted by molar-refractivity contribution is 0.242. The zero-order valence-corrected chi connectivity index (χ0v) is 11.4. The maximum Gasteiger partial charge on any atom is 0.125 e. The Morgan fingerprint density at radius 2 is 2.16 bits per heavy atom. The second-order valence-corrected chi connectivity index (χ2v) is 5.10. The van der Waals surface area contributed by atoms with Crippen LogP contribution in [-0.4, -0.2) is 26.4 Å². The van der Waals surface area contributed by atoms with E-state index in [2.05, 4.69) is 32.8 Å². The van der Waals surface area contributed by atoms with E-state index < -0.39 is 0 Å². The van der Waals surface area contributed by atoms with Crippen LogP contribution in [0.4, 0.5) is 0 Å². The highest BCUT2D eigenvalue weighted by Gasteiger charge is 2.18. The summed E-state index contributed by atoms with van der Waals surface area (Å²) in [5, 5.41) is 0. The Labute approximate surface area is 113 Å². The molecule has 4 heteroatoms. The van der Waals surface area contributed by atoms with Gasteiger partial charge in [-0.1, -0.05) is 6.07 Å². The van der Waals surface area contributed by atoms with Crippen LogP contribution in [0.2, 0.25) is 0 Å². The highest BCUT2D eigenvalue weighted by Crippen LogP contribution is 2.19. The summed E-state index contributed by atoms with van der Waals surface area (Å²) >= 11 is 0. The van der Waals surface area contributed by atoms with E-state index in [-0.39, 0.29) is 0 Å². The number of hydrogen-bond acceptors (Lipinski definition) is 4. The minimum atomic E-state index is 0.871. The third-order valence-corrected chi connectivity index (χ3v) is 3.64. The quantitative estimate of drug-likeness (QED) is 0.822. The molecule has 2 aromatic rings. The monoisotopic (exact) mass is 254 g/mol. The number of fused-ring (bicyclic) bond motifs is 1. The van der Waals surface area contributed by atoms with E-state index in [4.69, 9.17) is 0 Å². The maximum absolute atomic E-state index is 4.52. The molecule has 0 amide bonds. The normalized spacial score (nSPS) is 15.3. The molecule has 0 atom stereocenters. The van der Waals surface area contributed by atoms with Gasteiger partial charge >= 0.3 is 0 Å². The standard InChI is InChI=1S/C15H18N4/c1-11-13(4-3-6-16-11)9-19-7-5-15-14(10-19)8-17-12(2)18-15/h3-4,6,8H,5,7,9-10H2,1-2H3. The summed E-state index contributed by atoms with van der Waals surface area (Å²) < 4.78 is 0. The molecule has 1 aliphatic rings. The molecule has 0 N–H and O–H groups in total. The van der Waals surface area contributed by atoms with Crippen LogP contribution in [-0.2, 0) is 19.5 Å². The first kappa shape index (κ1) is 12.2. The lowest BCUT2D eigenvalue weighted by atomic mass is 10.1. The molecule has 0 saturated heterocycles. The summed E-state index contributed by atoms with van der Waals surface area (Å²) in [5.41, 5.74) is 4.90. The van der Waals surface area contributed by atoms with Crippen LogP contribution in [0.15, 0.2) is 24.5 Å². The van der Waals surface area contributed by atoms with Gasteiger partial charge in [0.2, 0.25) is 0 Å². The van der Waals surface area contributed by atoms with Gasteiger partial charge in [0.05, 0.1) is 0 Å². The number of nitrogens with zero attached hydrogens (tertiary/aromatic N) is 4. The summed E-state index contributed by atoms with van der Waals surface area (Å²) in [5.74, 6) is 0.871. The molecular weight excluding hydrogens is 236 g/mol. The lowest BCUT2D eigenvalue weighted by Gasteiger charge is -2.28. The van der Waals surface area contributed by atoms with E-state index in [0.29, 0.717) is 0 Å². The fourth-order valence-corrected chi connectivity index (χ4v) is 2.53. The summed E-state index contributed by atoms with van der Waals surface area (Å²) in [6, 6.07) is 4.16. The molecule has 0 unspecified atom stereocenters. The number of aryl methyl sites for hydroxylation is 2. The van der Waals surface area contributed by atoms with Crippen molar-refractivity contribution >= 4 is 0 Å². The average Bonchev–Trinajstić information content (AvgIpc) is 2.41. The average molecular weight is 254 g/mol. The molecule has 0 bridgehead atoms. The van der Waals surface area contributed by atoms with E-state index in [1.165, 1.54) is 16.8 Å². The molecule has 98 valence electrons. The molecule has 0 aromatic carbocycles. The van der Waals surface area contributed by atoms with Crippen molar-refractivity contribution < 1.29 is 0 Å². The van der Waals surface area contributed by atoms with Gasteiger partial charge in [-0.05, 0) is 25.5 Å². The zero-order valence-electron chi connectivity index (χ0n) is 11.4. The summed E-state index contributed by atoms with van der Waals surface area (Å²) in [6.45, 7) is 6.96. The predicted octanol–water partition coefficient (Wildman–Crippen LogP) is 2.05. The molecular formula is C15H18N4. The number of aromatic nitrogens is 3. The molecule has 2 aromatic heterocycles. The Kier molecular flexibility index (Phi) is 3.25. The molecule has 0 saturated carbocycles. The van der Waals surface area contributed by atoms with Gasteiger partial charge < -0.3 is 0 Å². The molecule has 19 heavy (non-hydrogen) atoms. The minimum absolute atomic E-state index is 0.871. The van der Waals surface area contributed by atoms with Crippen molar-refractivity contribution in [3.8, 4) is 0 Å². The fraction of sp³-hybridized carbons (Fsp3) is 0.400. The van der Waals surface area contributed by atoms with Gasteiger partial charge in [0, 0.05) is 55.4 Å². The van der Waals surface area contributed by atoms with Crippen molar-refractivity contribution in [1.82, 2.24) is 19.9 Å². The van der Waals surface area contributed by atoms with Crippen LogP contribution in [0.1, 0.15) is 28.3 Å². The Bertz CT molecular complexity index is 594. The largest absolute Gasteiger partial charge is 0.294 e. The second-order valence-electron chi connectivity index (χ2n) is 5.10. The van der Waals surface area contributed by atoms with Gasteiger partial charge in [0.1, 0.15) is 5.82 Å². The van der Waals surface area contributed by atoms with Crippen LogP contribution in [0.25, 0.3) is 0 Å². The van der Waals surface area contributed by atoms with Gasteiger partial charge in [-0.15, -0.1) is 0 Å². The Morgan fingerprint density at radius 3 is 3.00 bits per heavy atom. The molecule has 3 rings (SSSR count). The maximum atomic E-state index is 4.52. The van der Waals surface area contributed by atoms with E-state index in [9.17, 15) is 0 Å². The van der Waals surface area contributed by atoms with Crippen LogP contribution in [0.5, 0.6) is 0 Å². The van der Waals surface area contributed by atoms with Crippen molar-refractivity contribution in [3.63, 3.8) is 0 Å². The molecule has 1 aliphatic heterocycles. The van der Waals surface area contributed by atoms with Crippen molar-refractivity contribution in [2.45, 2.75) is 33.4 Å². The van der Waals surface area contributed by atoms with Crippen molar-refractivity contribution in [2.75, 3.05) is 6.54 Å². The summed E-state index contributed by atoms with van der Waals surface area (Å²) in [6.07, 6.45) is 4.83. The fourth-order valence-electron chi connectivity index (χ4n) is 2.53. The minimum Gasteiger partial charge on any atom is -0.294 e. The smallest absolute Gasteiger partial charge is 0.125 e. The van der Waals surface area contributed by atoms with Gasteiger partial charge in [-0.25, -0.2) is 9.97 Å². The molecule has 4 nitrogen and oxygen atoms in total. The summed E-state index contributed by atoms with van der Waals surface area (Å²) in [7, 11) is 0. The Morgan fingerprint density at radius 1 is 1.26 bits per heavy atom. The number of pyridine rings is 1. The van der Waals surface area contributed by atoms with Crippen molar-refractivity contribution in [1.29, 1.82) is 0 Å². The Hall–Kier alpha value is -1.81. The lowest BCUT2D eigenvalue weighted by Crippen LogP contribution is -2.31. The predicted molar refractivity (Wildman–Crippen MR) is 73.6 cm³/mol.